The van der Waals surface area contributed by atoms with E-state index < -0.39 is 0 Å². The fourth-order valence-corrected chi connectivity index (χ4v) is 3.51. The van der Waals surface area contributed by atoms with Crippen molar-refractivity contribution in [2.24, 2.45) is 0 Å². The summed E-state index contributed by atoms with van der Waals surface area (Å²) in [5.41, 5.74) is 4.93. The average molecular weight is 441 g/mol. The lowest BCUT2D eigenvalue weighted by atomic mass is 10.1. The lowest BCUT2D eigenvalue weighted by Crippen LogP contribution is -2.44. The van der Waals surface area contributed by atoms with Crippen LogP contribution in [0.15, 0.2) is 54.2 Å². The standard InChI is InChI=1S/C24H28N4O2.ClH/c1-18-5-4-6-23(19(18)2)28-13-11-27(12-14-28)17-21(15-25)24(29)26-16-20-7-9-22(30-3)10-8-20;/h4-10,17H,11-14,16H2,1-3H3,(H,26,29);1H/b21-17-;. The van der Waals surface area contributed by atoms with Gasteiger partial charge in [0.1, 0.15) is 17.4 Å². The van der Waals surface area contributed by atoms with Gasteiger partial charge < -0.3 is 19.9 Å². The molecule has 164 valence electrons. The lowest BCUT2D eigenvalue weighted by Gasteiger charge is -2.36. The predicted molar refractivity (Wildman–Crippen MR) is 125 cm³/mol. The van der Waals surface area contributed by atoms with Crippen LogP contribution in [0.4, 0.5) is 5.69 Å². The maximum atomic E-state index is 12.4. The largest absolute Gasteiger partial charge is 0.497 e. The lowest BCUT2D eigenvalue weighted by molar-refractivity contribution is -0.117. The fraction of sp³-hybridized carbons (Fsp3) is 0.333. The number of nitrogens with zero attached hydrogens (tertiary/aromatic N) is 3. The summed E-state index contributed by atoms with van der Waals surface area (Å²) in [6.07, 6.45) is 1.68. The third-order valence-electron chi connectivity index (χ3n) is 5.52. The van der Waals surface area contributed by atoms with Crippen LogP contribution in [0, 0.1) is 25.2 Å². The summed E-state index contributed by atoms with van der Waals surface area (Å²) >= 11 is 0. The first-order valence-corrected chi connectivity index (χ1v) is 10.1. The number of methoxy groups -OCH3 is 1. The molecule has 0 aromatic heterocycles. The zero-order valence-corrected chi connectivity index (χ0v) is 19.0. The van der Waals surface area contributed by atoms with Crippen LogP contribution in [0.25, 0.3) is 0 Å². The topological polar surface area (TPSA) is 68.6 Å². The number of aryl methyl sites for hydroxylation is 1. The Balaban J connectivity index is 0.00000341. The van der Waals surface area contributed by atoms with Gasteiger partial charge in [0.25, 0.3) is 5.91 Å². The van der Waals surface area contributed by atoms with Gasteiger partial charge in [0.05, 0.1) is 7.11 Å². The second kappa shape index (κ2) is 11.3. The van der Waals surface area contributed by atoms with Crippen LogP contribution in [0.1, 0.15) is 16.7 Å². The highest BCUT2D eigenvalue weighted by Crippen LogP contribution is 2.24. The number of rotatable bonds is 6. The van der Waals surface area contributed by atoms with E-state index in [-0.39, 0.29) is 23.9 Å². The molecular formula is C24H29ClN4O2. The zero-order chi connectivity index (χ0) is 21.5. The Morgan fingerprint density at radius 1 is 1.13 bits per heavy atom. The van der Waals surface area contributed by atoms with Crippen LogP contribution in [-0.4, -0.2) is 44.1 Å². The van der Waals surface area contributed by atoms with Crippen LogP contribution in [0.5, 0.6) is 5.75 Å². The predicted octanol–water partition coefficient (Wildman–Crippen LogP) is 3.58. The quantitative estimate of drug-likeness (QED) is 0.549. The molecule has 0 aliphatic carbocycles. The van der Waals surface area contributed by atoms with E-state index in [4.69, 9.17) is 4.74 Å². The molecule has 1 heterocycles. The van der Waals surface area contributed by atoms with E-state index in [1.807, 2.05) is 35.2 Å². The van der Waals surface area contributed by atoms with E-state index >= 15 is 0 Å². The molecule has 0 bridgehead atoms. The Morgan fingerprint density at radius 3 is 2.42 bits per heavy atom. The summed E-state index contributed by atoms with van der Waals surface area (Å²) in [5.74, 6) is 0.410. The van der Waals surface area contributed by atoms with Crippen molar-refractivity contribution in [2.45, 2.75) is 20.4 Å². The molecule has 1 amide bonds. The summed E-state index contributed by atoms with van der Waals surface area (Å²) in [6.45, 7) is 7.89. The molecule has 1 aliphatic heterocycles. The number of benzene rings is 2. The van der Waals surface area contributed by atoms with Crippen molar-refractivity contribution >= 4 is 24.0 Å². The molecule has 1 aliphatic rings. The van der Waals surface area contributed by atoms with Crippen molar-refractivity contribution in [1.29, 1.82) is 5.26 Å². The van der Waals surface area contributed by atoms with Gasteiger partial charge in [-0.15, -0.1) is 12.4 Å². The Morgan fingerprint density at radius 2 is 1.81 bits per heavy atom. The molecule has 0 spiro atoms. The molecule has 0 saturated carbocycles. The monoisotopic (exact) mass is 440 g/mol. The van der Waals surface area contributed by atoms with Crippen LogP contribution >= 0.6 is 12.4 Å². The van der Waals surface area contributed by atoms with E-state index in [2.05, 4.69) is 42.3 Å². The third-order valence-corrected chi connectivity index (χ3v) is 5.52. The molecule has 1 N–H and O–H groups in total. The molecule has 1 fully saturated rings. The second-order valence-electron chi connectivity index (χ2n) is 7.43. The number of halogens is 1. The Hall–Kier alpha value is -3.17. The Labute approximate surface area is 190 Å². The van der Waals surface area contributed by atoms with E-state index in [9.17, 15) is 10.1 Å². The fourth-order valence-electron chi connectivity index (χ4n) is 3.51. The zero-order valence-electron chi connectivity index (χ0n) is 18.2. The smallest absolute Gasteiger partial charge is 0.263 e. The first-order chi connectivity index (χ1) is 14.5. The molecule has 2 aromatic carbocycles. The van der Waals surface area contributed by atoms with Crippen molar-refractivity contribution in [3.63, 3.8) is 0 Å². The molecule has 3 rings (SSSR count). The van der Waals surface area contributed by atoms with Gasteiger partial charge in [-0.25, -0.2) is 0 Å². The van der Waals surface area contributed by atoms with Gasteiger partial charge in [-0.05, 0) is 48.7 Å². The summed E-state index contributed by atoms with van der Waals surface area (Å²) in [7, 11) is 1.61. The maximum Gasteiger partial charge on any atom is 0.263 e. The van der Waals surface area contributed by atoms with Crippen molar-refractivity contribution < 1.29 is 9.53 Å². The van der Waals surface area contributed by atoms with Gasteiger partial charge in [0, 0.05) is 44.6 Å². The number of hydrogen-bond acceptors (Lipinski definition) is 5. The average Bonchev–Trinajstić information content (AvgIpc) is 2.78. The number of carbonyl (C=O) groups excluding carboxylic acids is 1. The van der Waals surface area contributed by atoms with Crippen LogP contribution in [0.3, 0.4) is 0 Å². The summed E-state index contributed by atoms with van der Waals surface area (Å²) < 4.78 is 5.13. The first-order valence-electron chi connectivity index (χ1n) is 10.1. The molecule has 0 atom stereocenters. The molecule has 1 saturated heterocycles. The Kier molecular flexibility index (Phi) is 8.77. The Bertz CT molecular complexity index is 959. The highest BCUT2D eigenvalue weighted by atomic mass is 35.5. The number of nitriles is 1. The number of hydrogen-bond donors (Lipinski definition) is 1. The molecule has 7 heteroatoms. The van der Waals surface area contributed by atoms with Gasteiger partial charge in [0.2, 0.25) is 0 Å². The maximum absolute atomic E-state index is 12.4. The molecule has 6 nitrogen and oxygen atoms in total. The number of ether oxygens (including phenoxy) is 1. The molecule has 0 radical (unpaired) electrons. The molecule has 0 unspecified atom stereocenters. The number of anilines is 1. The number of piperazine rings is 1. The minimum absolute atomic E-state index is 0. The van der Waals surface area contributed by atoms with E-state index in [1.165, 1.54) is 16.8 Å². The van der Waals surface area contributed by atoms with Crippen molar-refractivity contribution in [3.05, 3.63) is 70.9 Å². The minimum atomic E-state index is -0.356. The van der Waals surface area contributed by atoms with Crippen LogP contribution < -0.4 is 15.0 Å². The summed E-state index contributed by atoms with van der Waals surface area (Å²) in [5, 5.41) is 12.3. The normalized spacial score (nSPS) is 13.8. The molecule has 2 aromatic rings. The van der Waals surface area contributed by atoms with Crippen molar-refractivity contribution in [2.75, 3.05) is 38.2 Å². The minimum Gasteiger partial charge on any atom is -0.497 e. The van der Waals surface area contributed by atoms with Gasteiger partial charge in [-0.1, -0.05) is 24.3 Å². The number of nitrogens with one attached hydrogen (secondary N) is 1. The van der Waals surface area contributed by atoms with E-state index in [1.54, 1.807) is 13.3 Å². The van der Waals surface area contributed by atoms with Crippen LogP contribution in [0.2, 0.25) is 0 Å². The third kappa shape index (κ3) is 6.16. The highest BCUT2D eigenvalue weighted by Gasteiger charge is 2.19. The molecular weight excluding hydrogens is 412 g/mol. The van der Waals surface area contributed by atoms with Gasteiger partial charge in [0.15, 0.2) is 0 Å². The van der Waals surface area contributed by atoms with Crippen LogP contribution in [-0.2, 0) is 11.3 Å². The second-order valence-corrected chi connectivity index (χ2v) is 7.43. The van der Waals surface area contributed by atoms with Gasteiger partial charge >= 0.3 is 0 Å². The van der Waals surface area contributed by atoms with Gasteiger partial charge in [-0.2, -0.15) is 5.26 Å². The summed E-state index contributed by atoms with van der Waals surface area (Å²) in [6, 6.07) is 15.9. The van der Waals surface area contributed by atoms with E-state index in [0.29, 0.717) is 6.54 Å². The highest BCUT2D eigenvalue weighted by molar-refractivity contribution is 5.97. The van der Waals surface area contributed by atoms with Gasteiger partial charge in [-0.3, -0.25) is 4.79 Å². The SMILES string of the molecule is COc1ccc(CNC(=O)/C(C#N)=C\N2CCN(c3cccc(C)c3C)CC2)cc1.Cl. The number of carbonyl (C=O) groups is 1. The first kappa shape index (κ1) is 24.1. The van der Waals surface area contributed by atoms with E-state index in [0.717, 1.165) is 37.5 Å². The van der Waals surface area contributed by atoms with Crippen molar-refractivity contribution in [1.82, 2.24) is 10.2 Å². The molecule has 31 heavy (non-hydrogen) atoms. The summed E-state index contributed by atoms with van der Waals surface area (Å²) in [4.78, 5) is 16.9. The number of amides is 1. The van der Waals surface area contributed by atoms with Crippen molar-refractivity contribution in [3.8, 4) is 11.8 Å².